The smallest absolute Gasteiger partial charge is 0.262 e. The van der Waals surface area contributed by atoms with Gasteiger partial charge in [-0.25, -0.2) is 9.97 Å². The number of rotatable bonds is 9. The van der Waals surface area contributed by atoms with Crippen LogP contribution < -0.4 is 25.4 Å². The van der Waals surface area contributed by atoms with Crippen LogP contribution in [0.3, 0.4) is 0 Å². The van der Waals surface area contributed by atoms with Gasteiger partial charge < -0.3 is 25.4 Å². The van der Waals surface area contributed by atoms with Gasteiger partial charge in [-0.2, -0.15) is 0 Å². The van der Waals surface area contributed by atoms with Crippen molar-refractivity contribution in [3.63, 3.8) is 0 Å². The number of benzene rings is 2. The van der Waals surface area contributed by atoms with E-state index in [2.05, 4.69) is 25.9 Å². The summed E-state index contributed by atoms with van der Waals surface area (Å²) < 4.78 is 10.6. The van der Waals surface area contributed by atoms with E-state index in [4.69, 9.17) is 9.47 Å². The molecule has 2 aromatic carbocycles. The number of ether oxygens (including phenoxy) is 2. The molecule has 0 aliphatic carbocycles. The first kappa shape index (κ1) is 20.9. The number of anilines is 4. The van der Waals surface area contributed by atoms with Crippen molar-refractivity contribution in [1.82, 2.24) is 9.97 Å². The topological polar surface area (TPSA) is 97.4 Å². The minimum absolute atomic E-state index is 0.0966. The van der Waals surface area contributed by atoms with Gasteiger partial charge >= 0.3 is 0 Å². The number of aryl methyl sites for hydroxylation is 1. The molecule has 3 aromatic rings. The highest BCUT2D eigenvalue weighted by Gasteiger charge is 2.06. The first-order valence-corrected chi connectivity index (χ1v) is 9.59. The number of amides is 1. The molecule has 0 saturated carbocycles. The van der Waals surface area contributed by atoms with Crippen LogP contribution in [0, 0.1) is 6.92 Å². The van der Waals surface area contributed by atoms with Crippen LogP contribution in [-0.2, 0) is 4.79 Å². The Morgan fingerprint density at radius 1 is 0.967 bits per heavy atom. The number of hydrogen-bond acceptors (Lipinski definition) is 7. The van der Waals surface area contributed by atoms with E-state index in [9.17, 15) is 4.79 Å². The zero-order valence-corrected chi connectivity index (χ0v) is 17.2. The third-order valence-corrected chi connectivity index (χ3v) is 4.05. The second kappa shape index (κ2) is 10.1. The predicted molar refractivity (Wildman–Crippen MR) is 118 cm³/mol. The third-order valence-electron chi connectivity index (χ3n) is 4.05. The molecule has 3 rings (SSSR count). The molecule has 0 atom stereocenters. The normalized spacial score (nSPS) is 10.2. The van der Waals surface area contributed by atoms with Crippen LogP contribution in [0.25, 0.3) is 0 Å². The molecule has 8 heteroatoms. The molecule has 3 N–H and O–H groups in total. The maximum absolute atomic E-state index is 12.1. The van der Waals surface area contributed by atoms with Gasteiger partial charge in [0, 0.05) is 30.1 Å². The van der Waals surface area contributed by atoms with Crippen LogP contribution in [0.2, 0.25) is 0 Å². The minimum Gasteiger partial charge on any atom is -0.497 e. The Morgan fingerprint density at radius 2 is 1.67 bits per heavy atom. The number of nitrogens with one attached hydrogen (secondary N) is 3. The van der Waals surface area contributed by atoms with Gasteiger partial charge in [0.15, 0.2) is 6.61 Å². The highest BCUT2D eigenvalue weighted by Crippen LogP contribution is 2.21. The monoisotopic (exact) mass is 407 g/mol. The Morgan fingerprint density at radius 3 is 2.40 bits per heavy atom. The summed E-state index contributed by atoms with van der Waals surface area (Å²) in [6.07, 6.45) is 0. The molecule has 0 aliphatic heterocycles. The van der Waals surface area contributed by atoms with Crippen molar-refractivity contribution in [1.29, 1.82) is 0 Å². The predicted octanol–water partition coefficient (Wildman–Crippen LogP) is 3.99. The van der Waals surface area contributed by atoms with Crippen molar-refractivity contribution in [3.05, 3.63) is 60.4 Å². The largest absolute Gasteiger partial charge is 0.497 e. The van der Waals surface area contributed by atoms with Crippen molar-refractivity contribution in [3.8, 4) is 11.5 Å². The summed E-state index contributed by atoms with van der Waals surface area (Å²) in [6, 6.07) is 16.3. The number of carbonyl (C=O) groups excluding carboxylic acids is 1. The fraction of sp³-hybridized carbons (Fsp3) is 0.227. The van der Waals surface area contributed by atoms with E-state index in [0.717, 1.165) is 18.1 Å². The van der Waals surface area contributed by atoms with Crippen LogP contribution in [0.4, 0.5) is 23.0 Å². The Bertz CT molecular complexity index is 992. The van der Waals surface area contributed by atoms with E-state index in [1.54, 1.807) is 25.3 Å². The van der Waals surface area contributed by atoms with Gasteiger partial charge in [0.1, 0.15) is 29.0 Å². The van der Waals surface area contributed by atoms with E-state index in [1.165, 1.54) is 0 Å². The molecule has 1 heterocycles. The summed E-state index contributed by atoms with van der Waals surface area (Å²) in [6.45, 7) is 4.55. The highest BCUT2D eigenvalue weighted by molar-refractivity contribution is 5.92. The fourth-order valence-corrected chi connectivity index (χ4v) is 2.73. The Labute approximate surface area is 175 Å². The summed E-state index contributed by atoms with van der Waals surface area (Å²) in [5.74, 6) is 3.14. The second-order valence-electron chi connectivity index (χ2n) is 6.43. The SMILES string of the molecule is CCNc1cc(Nc2ccc(NC(=O)COc3cccc(OC)c3)cc2)nc(C)n1. The molecular formula is C22H25N5O3. The summed E-state index contributed by atoms with van der Waals surface area (Å²) in [5, 5.41) is 9.23. The maximum atomic E-state index is 12.1. The minimum atomic E-state index is -0.250. The van der Waals surface area contributed by atoms with Gasteiger partial charge in [0.2, 0.25) is 0 Å². The molecule has 1 amide bonds. The zero-order valence-electron chi connectivity index (χ0n) is 17.2. The Balaban J connectivity index is 1.54. The molecule has 0 fully saturated rings. The van der Waals surface area contributed by atoms with Crippen LogP contribution in [0.15, 0.2) is 54.6 Å². The number of aromatic nitrogens is 2. The first-order chi connectivity index (χ1) is 14.6. The number of hydrogen-bond donors (Lipinski definition) is 3. The number of methoxy groups -OCH3 is 1. The summed E-state index contributed by atoms with van der Waals surface area (Å²) in [7, 11) is 1.58. The molecule has 0 saturated heterocycles. The molecule has 0 unspecified atom stereocenters. The van der Waals surface area contributed by atoms with Crippen LogP contribution >= 0.6 is 0 Å². The van der Waals surface area contributed by atoms with Crippen molar-refractivity contribution < 1.29 is 14.3 Å². The van der Waals surface area contributed by atoms with Gasteiger partial charge in [-0.05, 0) is 50.2 Å². The van der Waals surface area contributed by atoms with E-state index < -0.39 is 0 Å². The van der Waals surface area contributed by atoms with Crippen molar-refractivity contribution >= 4 is 28.9 Å². The van der Waals surface area contributed by atoms with E-state index >= 15 is 0 Å². The van der Waals surface area contributed by atoms with Gasteiger partial charge in [-0.15, -0.1) is 0 Å². The molecule has 0 aliphatic rings. The van der Waals surface area contributed by atoms with Gasteiger partial charge in [0.05, 0.1) is 7.11 Å². The van der Waals surface area contributed by atoms with Crippen molar-refractivity contribution in [2.75, 3.05) is 36.2 Å². The number of carbonyl (C=O) groups is 1. The lowest BCUT2D eigenvalue weighted by molar-refractivity contribution is -0.118. The number of nitrogens with zero attached hydrogens (tertiary/aromatic N) is 2. The first-order valence-electron chi connectivity index (χ1n) is 9.59. The maximum Gasteiger partial charge on any atom is 0.262 e. The lowest BCUT2D eigenvalue weighted by atomic mass is 10.2. The summed E-state index contributed by atoms with van der Waals surface area (Å²) >= 11 is 0. The molecule has 156 valence electrons. The average Bonchev–Trinajstić information content (AvgIpc) is 2.74. The standard InChI is InChI=1S/C22H25N5O3/c1-4-23-20-13-21(25-15(2)24-20)26-16-8-10-17(11-9-16)27-22(28)14-30-19-7-5-6-18(12-19)29-3/h5-13H,4,14H2,1-3H3,(H,27,28)(H2,23,24,25,26). The molecule has 0 bridgehead atoms. The lowest BCUT2D eigenvalue weighted by Crippen LogP contribution is -2.20. The van der Waals surface area contributed by atoms with Crippen molar-refractivity contribution in [2.45, 2.75) is 13.8 Å². The molecule has 30 heavy (non-hydrogen) atoms. The second-order valence-corrected chi connectivity index (χ2v) is 6.43. The summed E-state index contributed by atoms with van der Waals surface area (Å²) in [4.78, 5) is 20.9. The molecular weight excluding hydrogens is 382 g/mol. The van der Waals surface area contributed by atoms with E-state index in [0.29, 0.717) is 28.8 Å². The molecule has 0 spiro atoms. The van der Waals surface area contributed by atoms with Gasteiger partial charge in [-0.3, -0.25) is 4.79 Å². The van der Waals surface area contributed by atoms with Crippen LogP contribution in [-0.4, -0.2) is 36.1 Å². The quantitative estimate of drug-likeness (QED) is 0.493. The average molecular weight is 407 g/mol. The Kier molecular flexibility index (Phi) is 7.05. The zero-order chi connectivity index (χ0) is 21.3. The van der Waals surface area contributed by atoms with Crippen LogP contribution in [0.5, 0.6) is 11.5 Å². The summed E-state index contributed by atoms with van der Waals surface area (Å²) in [5.41, 5.74) is 1.52. The molecule has 0 radical (unpaired) electrons. The van der Waals surface area contributed by atoms with E-state index in [1.807, 2.05) is 50.2 Å². The Hall–Kier alpha value is -3.81. The highest BCUT2D eigenvalue weighted by atomic mass is 16.5. The third kappa shape index (κ3) is 6.10. The van der Waals surface area contributed by atoms with E-state index in [-0.39, 0.29) is 12.5 Å². The van der Waals surface area contributed by atoms with Gasteiger partial charge in [-0.1, -0.05) is 6.07 Å². The lowest BCUT2D eigenvalue weighted by Gasteiger charge is -2.11. The van der Waals surface area contributed by atoms with Crippen molar-refractivity contribution in [2.24, 2.45) is 0 Å². The molecule has 8 nitrogen and oxygen atoms in total. The molecule has 1 aromatic heterocycles. The van der Waals surface area contributed by atoms with Crippen LogP contribution in [0.1, 0.15) is 12.7 Å². The fourth-order valence-electron chi connectivity index (χ4n) is 2.73. The van der Waals surface area contributed by atoms with Gasteiger partial charge in [0.25, 0.3) is 5.91 Å².